The Hall–Kier alpha value is -5.22. The lowest BCUT2D eigenvalue weighted by Crippen LogP contribution is -2.56. The van der Waals surface area contributed by atoms with E-state index < -0.39 is 48.9 Å². The van der Waals surface area contributed by atoms with Crippen LogP contribution in [0.3, 0.4) is 0 Å². The summed E-state index contributed by atoms with van der Waals surface area (Å²) in [5, 5.41) is 0.458. The number of hydrogen-bond acceptors (Lipinski definition) is 13. The molecule has 2 aliphatic heterocycles. The summed E-state index contributed by atoms with van der Waals surface area (Å²) in [5.41, 5.74) is -1.03. The summed E-state index contributed by atoms with van der Waals surface area (Å²) in [6, 6.07) is 6.79. The highest BCUT2D eigenvalue weighted by molar-refractivity contribution is 6.14. The van der Waals surface area contributed by atoms with Crippen LogP contribution in [0.25, 0.3) is 11.0 Å². The van der Waals surface area contributed by atoms with E-state index in [9.17, 15) is 24.0 Å². The Balaban J connectivity index is 1.54. The molecule has 0 radical (unpaired) electrons. The van der Waals surface area contributed by atoms with Crippen LogP contribution in [0.15, 0.2) is 47.1 Å². The molecule has 0 spiro atoms. The van der Waals surface area contributed by atoms with Crippen LogP contribution in [0.4, 0.5) is 14.4 Å². The maximum Gasteiger partial charge on any atom is 0.510 e. The van der Waals surface area contributed by atoms with Crippen molar-refractivity contribution >= 4 is 41.1 Å². The fourth-order valence-electron chi connectivity index (χ4n) is 5.31. The second-order valence-electron chi connectivity index (χ2n) is 10.3. The smallest absolute Gasteiger partial charge is 0.497 e. The number of benzene rings is 1. The Morgan fingerprint density at radius 3 is 2.40 bits per heavy atom. The van der Waals surface area contributed by atoms with E-state index in [2.05, 4.69) is 4.98 Å². The Kier molecular flexibility index (Phi) is 10.2. The van der Waals surface area contributed by atoms with Crippen molar-refractivity contribution in [1.29, 1.82) is 0 Å². The van der Waals surface area contributed by atoms with E-state index in [-0.39, 0.29) is 38.7 Å². The molecule has 2 aromatic heterocycles. The van der Waals surface area contributed by atoms with E-state index in [1.165, 1.54) is 30.5 Å². The minimum atomic E-state index is -2.29. The number of aromatic nitrogens is 1. The quantitative estimate of drug-likeness (QED) is 0.141. The summed E-state index contributed by atoms with van der Waals surface area (Å²) >= 11 is 0. The highest BCUT2D eigenvalue weighted by Gasteiger charge is 2.65. The lowest BCUT2D eigenvalue weighted by molar-refractivity contribution is -0.137. The first-order chi connectivity index (χ1) is 22.7. The van der Waals surface area contributed by atoms with Crippen LogP contribution in [0.5, 0.6) is 5.75 Å². The Bertz CT molecular complexity index is 1630. The van der Waals surface area contributed by atoms with Crippen LogP contribution in [0, 0.1) is 0 Å². The molecule has 0 N–H and O–H groups in total. The van der Waals surface area contributed by atoms with Gasteiger partial charge >= 0.3 is 18.3 Å². The summed E-state index contributed by atoms with van der Waals surface area (Å²) in [7, 11) is 1.47. The number of rotatable bonds is 14. The Labute approximate surface area is 269 Å². The molecule has 3 aromatic rings. The Morgan fingerprint density at radius 2 is 1.70 bits per heavy atom. The SMILES string of the molecule is CCOCCOC(=O)OCN1C(=O)N(C(=O)OCCOCC)[C@@](CN2Cc3ccc(OC)cc3C2=O)(c2cc3cnccc3o2)C1=O. The third kappa shape index (κ3) is 6.55. The van der Waals surface area contributed by atoms with Crippen LogP contribution in [-0.4, -0.2) is 110 Å². The topological polar surface area (TPSA) is 176 Å². The van der Waals surface area contributed by atoms with Gasteiger partial charge in [0.05, 0.1) is 26.9 Å². The lowest BCUT2D eigenvalue weighted by atomic mass is 9.93. The third-order valence-corrected chi connectivity index (χ3v) is 7.55. The highest BCUT2D eigenvalue weighted by atomic mass is 16.7. The first kappa shape index (κ1) is 33.2. The molecule has 2 aliphatic rings. The standard InChI is InChI=1S/C31H34N4O12/c1-4-42-10-12-44-29(39)35-28(38)34(19-46-30(40)45-13-11-43-5-2)27(37)31(35,25-14-21-16-32-9-8-24(21)47-25)18-33-17-20-6-7-22(41-3)15-23(20)26(33)36/h6-9,14-16H,4-5,10-13,17-19H2,1-3H3/t31-/m0/s1. The van der Waals surface area contributed by atoms with Crippen molar-refractivity contribution in [1.82, 2.24) is 19.7 Å². The van der Waals surface area contributed by atoms with Gasteiger partial charge in [0.25, 0.3) is 11.8 Å². The van der Waals surface area contributed by atoms with Gasteiger partial charge in [0.15, 0.2) is 6.73 Å². The van der Waals surface area contributed by atoms with Gasteiger partial charge < -0.3 is 37.7 Å². The highest BCUT2D eigenvalue weighted by Crippen LogP contribution is 2.43. The number of carbonyl (C=O) groups excluding carboxylic acids is 5. The molecular weight excluding hydrogens is 620 g/mol. The number of methoxy groups -OCH3 is 1. The van der Waals surface area contributed by atoms with Gasteiger partial charge in [-0.25, -0.2) is 24.2 Å². The molecule has 250 valence electrons. The van der Waals surface area contributed by atoms with Crippen LogP contribution in [-0.2, 0) is 40.6 Å². The Morgan fingerprint density at radius 1 is 0.957 bits per heavy atom. The van der Waals surface area contributed by atoms with Crippen LogP contribution in [0.1, 0.15) is 35.5 Å². The van der Waals surface area contributed by atoms with E-state index in [0.717, 1.165) is 0 Å². The first-order valence-corrected chi connectivity index (χ1v) is 14.8. The normalized spacial score (nSPS) is 17.4. The van der Waals surface area contributed by atoms with E-state index >= 15 is 0 Å². The van der Waals surface area contributed by atoms with Gasteiger partial charge in [-0.2, -0.15) is 0 Å². The molecule has 4 heterocycles. The van der Waals surface area contributed by atoms with Crippen molar-refractivity contribution in [2.24, 2.45) is 0 Å². The van der Waals surface area contributed by atoms with Crippen LogP contribution >= 0.6 is 0 Å². The van der Waals surface area contributed by atoms with Crippen molar-refractivity contribution < 1.29 is 56.8 Å². The molecule has 0 aliphatic carbocycles. The number of pyridine rings is 1. The van der Waals surface area contributed by atoms with E-state index in [0.29, 0.717) is 50.9 Å². The summed E-state index contributed by atoms with van der Waals surface area (Å²) < 4.78 is 37.1. The fourth-order valence-corrected chi connectivity index (χ4v) is 5.31. The van der Waals surface area contributed by atoms with Gasteiger partial charge in [0.2, 0.25) is 5.54 Å². The zero-order valence-corrected chi connectivity index (χ0v) is 26.1. The van der Waals surface area contributed by atoms with Gasteiger partial charge in [0, 0.05) is 43.1 Å². The number of fused-ring (bicyclic) bond motifs is 2. The van der Waals surface area contributed by atoms with Gasteiger partial charge in [-0.15, -0.1) is 0 Å². The average molecular weight is 655 g/mol. The molecular formula is C31H34N4O12. The van der Waals surface area contributed by atoms with Crippen molar-refractivity contribution in [3.05, 3.63) is 59.6 Å². The van der Waals surface area contributed by atoms with Crippen molar-refractivity contribution in [3.63, 3.8) is 0 Å². The molecule has 16 heteroatoms. The number of amides is 5. The average Bonchev–Trinajstić information content (AvgIpc) is 3.71. The zero-order valence-electron chi connectivity index (χ0n) is 26.1. The minimum Gasteiger partial charge on any atom is -0.497 e. The number of ether oxygens (including phenoxy) is 6. The summed E-state index contributed by atoms with van der Waals surface area (Å²) in [4.78, 5) is 74.8. The van der Waals surface area contributed by atoms with Crippen LogP contribution in [0.2, 0.25) is 0 Å². The summed E-state index contributed by atoms with van der Waals surface area (Å²) in [6.07, 6.45) is 0.552. The molecule has 0 saturated carbocycles. The molecule has 16 nitrogen and oxygen atoms in total. The first-order valence-electron chi connectivity index (χ1n) is 14.8. The molecule has 5 rings (SSSR count). The van der Waals surface area contributed by atoms with Gasteiger partial charge in [0.1, 0.15) is 30.3 Å². The van der Waals surface area contributed by atoms with Crippen LogP contribution < -0.4 is 4.74 Å². The molecule has 1 aromatic carbocycles. The predicted molar refractivity (Wildman–Crippen MR) is 159 cm³/mol. The molecule has 0 unspecified atom stereocenters. The summed E-state index contributed by atoms with van der Waals surface area (Å²) in [5.74, 6) is -1.20. The number of urea groups is 1. The molecule has 5 amide bonds. The summed E-state index contributed by atoms with van der Waals surface area (Å²) in [6.45, 7) is 2.62. The van der Waals surface area contributed by atoms with E-state index in [1.807, 2.05) is 0 Å². The number of hydrogen-bond donors (Lipinski definition) is 0. The molecule has 47 heavy (non-hydrogen) atoms. The maximum atomic E-state index is 14.5. The number of furan rings is 1. The number of nitrogens with zero attached hydrogens (tertiary/aromatic N) is 4. The maximum absolute atomic E-state index is 14.5. The molecule has 0 bridgehead atoms. The number of imide groups is 2. The second-order valence-corrected chi connectivity index (χ2v) is 10.3. The predicted octanol–water partition coefficient (Wildman–Crippen LogP) is 3.27. The number of carbonyl (C=O) groups is 5. The fraction of sp³-hybridized carbons (Fsp3) is 0.419. The van der Waals surface area contributed by atoms with E-state index in [4.69, 9.17) is 32.8 Å². The lowest BCUT2D eigenvalue weighted by Gasteiger charge is -2.34. The largest absolute Gasteiger partial charge is 0.510 e. The van der Waals surface area contributed by atoms with Crippen molar-refractivity contribution in [3.8, 4) is 5.75 Å². The van der Waals surface area contributed by atoms with Crippen molar-refractivity contribution in [2.75, 3.05) is 60.0 Å². The van der Waals surface area contributed by atoms with E-state index in [1.54, 1.807) is 38.1 Å². The van der Waals surface area contributed by atoms with Crippen molar-refractivity contribution in [2.45, 2.75) is 25.9 Å². The van der Waals surface area contributed by atoms with Gasteiger partial charge in [-0.3, -0.25) is 14.6 Å². The van der Waals surface area contributed by atoms with Gasteiger partial charge in [-0.1, -0.05) is 6.07 Å². The molecule has 1 fully saturated rings. The zero-order chi connectivity index (χ0) is 33.6. The van der Waals surface area contributed by atoms with Gasteiger partial charge in [-0.05, 0) is 43.7 Å². The molecule has 1 saturated heterocycles. The monoisotopic (exact) mass is 654 g/mol. The minimum absolute atomic E-state index is 0.0175. The second kappa shape index (κ2) is 14.5. The molecule has 1 atom stereocenters. The third-order valence-electron chi connectivity index (χ3n) is 7.55.